The Morgan fingerprint density at radius 1 is 1.10 bits per heavy atom. The van der Waals surface area contributed by atoms with Crippen molar-refractivity contribution in [1.82, 2.24) is 0 Å². The van der Waals surface area contributed by atoms with Gasteiger partial charge in [0.25, 0.3) is 0 Å². The topological polar surface area (TPSA) is 57.5 Å². The minimum Gasteiger partial charge on any atom is -0.498 e. The van der Waals surface area contributed by atoms with Gasteiger partial charge < -0.3 is 10.2 Å². The Kier molecular flexibility index (Phi) is 4.50. The van der Waals surface area contributed by atoms with Crippen molar-refractivity contribution in [2.45, 2.75) is 6.42 Å². The van der Waals surface area contributed by atoms with Crippen molar-refractivity contribution in [3.63, 3.8) is 0 Å². The van der Waals surface area contributed by atoms with Gasteiger partial charge in [-0.25, -0.2) is 4.79 Å². The van der Waals surface area contributed by atoms with Crippen molar-refractivity contribution in [1.29, 1.82) is 0 Å². The molecule has 2 aromatic carbocycles. The average Bonchev–Trinajstić information content (AvgIpc) is 2.47. The highest BCUT2D eigenvalue weighted by atomic mass is 32.1. The van der Waals surface area contributed by atoms with E-state index in [1.807, 2.05) is 12.1 Å². The number of rotatable bonds is 5. The van der Waals surface area contributed by atoms with Gasteiger partial charge in [-0.3, -0.25) is 0 Å². The van der Waals surface area contributed by atoms with Crippen molar-refractivity contribution in [2.75, 3.05) is 0 Å². The lowest BCUT2D eigenvalue weighted by Gasteiger charge is -2.14. The van der Waals surface area contributed by atoms with Crippen LogP contribution in [0, 0.1) is 0 Å². The first-order valence-electron chi connectivity index (χ1n) is 6.35. The van der Waals surface area contributed by atoms with E-state index in [1.165, 1.54) is 6.07 Å². The van der Waals surface area contributed by atoms with Crippen LogP contribution in [0.25, 0.3) is 11.1 Å². The highest BCUT2D eigenvalue weighted by Gasteiger charge is 2.17. The maximum atomic E-state index is 11.4. The van der Waals surface area contributed by atoms with Crippen LogP contribution in [0.15, 0.2) is 55.1 Å². The average molecular weight is 298 g/mol. The van der Waals surface area contributed by atoms with Crippen LogP contribution in [0.1, 0.15) is 21.5 Å². The molecule has 0 aliphatic carbocycles. The van der Waals surface area contributed by atoms with Gasteiger partial charge in [-0.15, -0.1) is 6.58 Å². The van der Waals surface area contributed by atoms with E-state index in [0.717, 1.165) is 5.56 Å². The number of benzene rings is 2. The maximum Gasteiger partial charge on any atom is 0.336 e. The summed E-state index contributed by atoms with van der Waals surface area (Å²) < 4.78 is 0. The third-order valence-electron chi connectivity index (χ3n) is 3.18. The Labute approximate surface area is 128 Å². The van der Waals surface area contributed by atoms with Gasteiger partial charge in [0.15, 0.2) is 5.05 Å². The van der Waals surface area contributed by atoms with E-state index in [9.17, 15) is 15.0 Å². The van der Waals surface area contributed by atoms with Crippen LogP contribution in [-0.2, 0) is 6.42 Å². The highest BCUT2D eigenvalue weighted by molar-refractivity contribution is 7.80. The zero-order valence-corrected chi connectivity index (χ0v) is 12.1. The quantitative estimate of drug-likeness (QED) is 0.647. The van der Waals surface area contributed by atoms with E-state index >= 15 is 0 Å². The summed E-state index contributed by atoms with van der Waals surface area (Å²) in [5, 5.41) is 18.9. The van der Waals surface area contributed by atoms with Gasteiger partial charge in [-0.2, -0.15) is 0 Å². The fraction of sp³-hybridized carbons (Fsp3) is 0.0588. The zero-order chi connectivity index (χ0) is 15.4. The van der Waals surface area contributed by atoms with E-state index in [4.69, 9.17) is 12.2 Å². The van der Waals surface area contributed by atoms with E-state index in [-0.39, 0.29) is 10.6 Å². The molecule has 0 saturated carbocycles. The minimum absolute atomic E-state index is 0.172. The third kappa shape index (κ3) is 3.01. The Morgan fingerprint density at radius 2 is 1.76 bits per heavy atom. The number of aliphatic hydroxyl groups excluding tert-OH is 1. The van der Waals surface area contributed by atoms with E-state index < -0.39 is 5.97 Å². The first kappa shape index (κ1) is 14.9. The second-order valence-corrected chi connectivity index (χ2v) is 4.88. The van der Waals surface area contributed by atoms with Gasteiger partial charge in [0.05, 0.1) is 5.56 Å². The summed E-state index contributed by atoms with van der Waals surface area (Å²) in [6, 6.07) is 12.1. The first-order chi connectivity index (χ1) is 10.1. The van der Waals surface area contributed by atoms with E-state index in [2.05, 4.69) is 6.58 Å². The van der Waals surface area contributed by atoms with Crippen LogP contribution in [-0.4, -0.2) is 21.2 Å². The summed E-state index contributed by atoms with van der Waals surface area (Å²) in [6.07, 6.45) is 2.25. The fourth-order valence-corrected chi connectivity index (χ4v) is 2.55. The molecule has 0 spiro atoms. The van der Waals surface area contributed by atoms with E-state index in [0.29, 0.717) is 23.1 Å². The SMILES string of the molecule is C=CCc1cccc(-c2ccccc2C(=O)O)c1C(O)=S. The van der Waals surface area contributed by atoms with Crippen LogP contribution >= 0.6 is 12.2 Å². The molecule has 0 aliphatic heterocycles. The third-order valence-corrected chi connectivity index (χ3v) is 3.38. The fourth-order valence-electron chi connectivity index (χ4n) is 2.31. The molecule has 0 atom stereocenters. The van der Waals surface area contributed by atoms with Crippen LogP contribution < -0.4 is 0 Å². The van der Waals surface area contributed by atoms with Crippen LogP contribution in [0.4, 0.5) is 0 Å². The van der Waals surface area contributed by atoms with Crippen molar-refractivity contribution >= 4 is 23.2 Å². The van der Waals surface area contributed by atoms with Crippen LogP contribution in [0.5, 0.6) is 0 Å². The van der Waals surface area contributed by atoms with Crippen LogP contribution in [0.3, 0.4) is 0 Å². The molecule has 0 bridgehead atoms. The van der Waals surface area contributed by atoms with Crippen molar-refractivity contribution in [3.05, 3.63) is 71.8 Å². The standard InChI is InChI=1S/C17H14O3S/c1-2-6-11-7-5-10-13(15(11)17(20)21)12-8-3-4-9-14(12)16(18)19/h2-5,7-10H,1,6H2,(H,18,19)(H,20,21). The summed E-state index contributed by atoms with van der Waals surface area (Å²) in [4.78, 5) is 11.4. The molecule has 2 rings (SSSR count). The van der Waals surface area contributed by atoms with Gasteiger partial charge in [0.2, 0.25) is 0 Å². The molecular weight excluding hydrogens is 284 g/mol. The lowest BCUT2D eigenvalue weighted by atomic mass is 9.91. The molecule has 0 amide bonds. The molecule has 0 saturated heterocycles. The molecule has 0 aliphatic rings. The number of carboxylic acid groups (broad SMARTS) is 1. The number of carbonyl (C=O) groups is 1. The lowest BCUT2D eigenvalue weighted by Crippen LogP contribution is -2.06. The lowest BCUT2D eigenvalue weighted by molar-refractivity contribution is 0.0697. The Balaban J connectivity index is 2.75. The number of aromatic carboxylic acids is 1. The Morgan fingerprint density at radius 3 is 2.38 bits per heavy atom. The van der Waals surface area contributed by atoms with Crippen LogP contribution in [0.2, 0.25) is 0 Å². The maximum absolute atomic E-state index is 11.4. The molecule has 2 aromatic rings. The molecule has 106 valence electrons. The number of hydrogen-bond acceptors (Lipinski definition) is 2. The number of allylic oxidation sites excluding steroid dienone is 1. The molecule has 0 fully saturated rings. The molecule has 21 heavy (non-hydrogen) atoms. The second kappa shape index (κ2) is 6.33. The smallest absolute Gasteiger partial charge is 0.336 e. The minimum atomic E-state index is -1.02. The number of thiocarbonyl (C=S) groups is 1. The Hall–Kier alpha value is -2.46. The van der Waals surface area contributed by atoms with Crippen molar-refractivity contribution < 1.29 is 15.0 Å². The number of aliphatic hydroxyl groups is 1. The summed E-state index contributed by atoms with van der Waals surface area (Å²) >= 11 is 4.93. The predicted octanol–water partition coefficient (Wildman–Crippen LogP) is 4.01. The molecule has 0 heterocycles. The molecule has 0 aromatic heterocycles. The monoisotopic (exact) mass is 298 g/mol. The summed E-state index contributed by atoms with van der Waals surface area (Å²) in [5.74, 6) is -1.02. The summed E-state index contributed by atoms with van der Waals surface area (Å²) in [6.45, 7) is 3.69. The largest absolute Gasteiger partial charge is 0.498 e. The number of carboxylic acids is 1. The summed E-state index contributed by atoms with van der Waals surface area (Å²) in [5.41, 5.74) is 2.62. The normalized spacial score (nSPS) is 10.1. The van der Waals surface area contributed by atoms with Gasteiger partial charge in [0.1, 0.15) is 0 Å². The van der Waals surface area contributed by atoms with Crippen molar-refractivity contribution in [3.8, 4) is 11.1 Å². The first-order valence-corrected chi connectivity index (χ1v) is 6.76. The molecular formula is C17H14O3S. The zero-order valence-electron chi connectivity index (χ0n) is 11.2. The van der Waals surface area contributed by atoms with Crippen molar-refractivity contribution in [2.24, 2.45) is 0 Å². The molecule has 2 N–H and O–H groups in total. The highest BCUT2D eigenvalue weighted by Crippen LogP contribution is 2.30. The molecule has 0 radical (unpaired) electrons. The second-order valence-electron chi connectivity index (χ2n) is 4.49. The number of hydrogen-bond donors (Lipinski definition) is 2. The van der Waals surface area contributed by atoms with Gasteiger partial charge in [-0.1, -0.05) is 42.5 Å². The predicted molar refractivity (Wildman–Crippen MR) is 87.1 cm³/mol. The summed E-state index contributed by atoms with van der Waals surface area (Å²) in [7, 11) is 0. The van der Waals surface area contributed by atoms with E-state index in [1.54, 1.807) is 30.3 Å². The Bertz CT molecular complexity index is 720. The van der Waals surface area contributed by atoms with Gasteiger partial charge in [0, 0.05) is 5.56 Å². The van der Waals surface area contributed by atoms with Gasteiger partial charge in [-0.05, 0) is 41.4 Å². The molecule has 3 nitrogen and oxygen atoms in total. The molecule has 0 unspecified atom stereocenters. The van der Waals surface area contributed by atoms with Gasteiger partial charge >= 0.3 is 5.97 Å². The molecule has 4 heteroatoms.